The van der Waals surface area contributed by atoms with E-state index in [2.05, 4.69) is 9.47 Å². The van der Waals surface area contributed by atoms with Gasteiger partial charge in [0, 0.05) is 0 Å². The van der Waals surface area contributed by atoms with Crippen LogP contribution in [-0.4, -0.2) is 47.1 Å². The molecule has 6 heteroatoms. The molecular weight excluding hydrogens is 228 g/mol. The summed E-state index contributed by atoms with van der Waals surface area (Å²) in [5.74, 6) is -1.14. The van der Waals surface area contributed by atoms with Gasteiger partial charge in [0.15, 0.2) is 5.60 Å². The van der Waals surface area contributed by atoms with Gasteiger partial charge in [-0.25, -0.2) is 9.59 Å². The predicted octanol–water partition coefficient (Wildman–Crippen LogP) is 0.251. The SMILES string of the molecule is CCOC(=O)C(C)(C)O.CCOC(=O)C(C)O. The minimum atomic E-state index is -1.35. The lowest BCUT2D eigenvalue weighted by atomic mass is 10.1. The molecular formula is C11H22O6. The van der Waals surface area contributed by atoms with Crippen LogP contribution in [0.15, 0.2) is 0 Å². The first-order valence-electron chi connectivity index (χ1n) is 5.41. The third-order valence-corrected chi connectivity index (χ3v) is 1.40. The van der Waals surface area contributed by atoms with Gasteiger partial charge in [0.1, 0.15) is 6.10 Å². The highest BCUT2D eigenvalue weighted by atomic mass is 16.6. The molecule has 0 aliphatic heterocycles. The molecule has 0 bridgehead atoms. The van der Waals surface area contributed by atoms with Gasteiger partial charge in [0.25, 0.3) is 0 Å². The lowest BCUT2D eigenvalue weighted by molar-refractivity contribution is -0.161. The molecule has 0 rings (SSSR count). The second-order valence-electron chi connectivity index (χ2n) is 3.71. The van der Waals surface area contributed by atoms with E-state index in [1.54, 1.807) is 13.8 Å². The number of ether oxygens (including phenoxy) is 2. The minimum Gasteiger partial charge on any atom is -0.464 e. The van der Waals surface area contributed by atoms with Crippen molar-refractivity contribution in [3.63, 3.8) is 0 Å². The molecule has 0 aromatic carbocycles. The van der Waals surface area contributed by atoms with Crippen molar-refractivity contribution in [1.82, 2.24) is 0 Å². The van der Waals surface area contributed by atoms with Crippen molar-refractivity contribution < 1.29 is 29.3 Å². The zero-order chi connectivity index (χ0) is 14.1. The molecule has 0 spiro atoms. The summed E-state index contributed by atoms with van der Waals surface area (Å²) in [5, 5.41) is 17.4. The van der Waals surface area contributed by atoms with Gasteiger partial charge in [-0.05, 0) is 34.6 Å². The Balaban J connectivity index is 0. The molecule has 1 atom stereocenters. The minimum absolute atomic E-state index is 0.308. The fourth-order valence-electron chi connectivity index (χ4n) is 0.571. The first-order chi connectivity index (χ1) is 7.66. The van der Waals surface area contributed by atoms with Crippen LogP contribution in [-0.2, 0) is 19.1 Å². The summed E-state index contributed by atoms with van der Waals surface area (Å²) in [4.78, 5) is 20.9. The van der Waals surface area contributed by atoms with Gasteiger partial charge in [0.05, 0.1) is 13.2 Å². The maximum absolute atomic E-state index is 10.6. The normalized spacial score (nSPS) is 11.9. The van der Waals surface area contributed by atoms with Crippen LogP contribution in [0.25, 0.3) is 0 Å². The topological polar surface area (TPSA) is 93.1 Å². The molecule has 0 fully saturated rings. The zero-order valence-corrected chi connectivity index (χ0v) is 11.0. The summed E-state index contributed by atoms with van der Waals surface area (Å²) in [5.41, 5.74) is -1.35. The lowest BCUT2D eigenvalue weighted by Crippen LogP contribution is -2.32. The van der Waals surface area contributed by atoms with E-state index in [9.17, 15) is 9.59 Å². The molecule has 6 nitrogen and oxygen atoms in total. The number of hydrogen-bond donors (Lipinski definition) is 2. The van der Waals surface area contributed by atoms with E-state index in [-0.39, 0.29) is 0 Å². The van der Waals surface area contributed by atoms with E-state index in [1.165, 1.54) is 20.8 Å². The molecule has 0 saturated carbocycles. The Morgan fingerprint density at radius 2 is 1.59 bits per heavy atom. The number of esters is 2. The van der Waals surface area contributed by atoms with Gasteiger partial charge in [-0.15, -0.1) is 0 Å². The van der Waals surface area contributed by atoms with E-state index >= 15 is 0 Å². The van der Waals surface area contributed by atoms with Gasteiger partial charge < -0.3 is 19.7 Å². The summed E-state index contributed by atoms with van der Waals surface area (Å²) in [6.45, 7) is 8.18. The first kappa shape index (κ1) is 18.2. The molecule has 0 heterocycles. The molecule has 1 unspecified atom stereocenters. The van der Waals surface area contributed by atoms with Crippen LogP contribution in [0.3, 0.4) is 0 Å². The maximum atomic E-state index is 10.6. The number of rotatable bonds is 4. The van der Waals surface area contributed by atoms with Crippen LogP contribution in [0, 0.1) is 0 Å². The number of carbonyl (C=O) groups excluding carboxylic acids is 2. The number of carbonyl (C=O) groups is 2. The second kappa shape index (κ2) is 8.95. The van der Waals surface area contributed by atoms with Gasteiger partial charge in [-0.2, -0.15) is 0 Å². The Bertz CT molecular complexity index is 229. The Morgan fingerprint density at radius 3 is 1.71 bits per heavy atom. The molecule has 0 aromatic rings. The maximum Gasteiger partial charge on any atom is 0.337 e. The molecule has 0 radical (unpaired) electrons. The van der Waals surface area contributed by atoms with E-state index < -0.39 is 23.6 Å². The van der Waals surface area contributed by atoms with Crippen molar-refractivity contribution in [1.29, 1.82) is 0 Å². The Hall–Kier alpha value is -1.14. The van der Waals surface area contributed by atoms with Crippen LogP contribution < -0.4 is 0 Å². The van der Waals surface area contributed by atoms with E-state index in [0.29, 0.717) is 13.2 Å². The fraction of sp³-hybridized carbons (Fsp3) is 0.818. The van der Waals surface area contributed by atoms with Crippen LogP contribution in [0.4, 0.5) is 0 Å². The molecule has 102 valence electrons. The Morgan fingerprint density at radius 1 is 1.18 bits per heavy atom. The monoisotopic (exact) mass is 250 g/mol. The highest BCUT2D eigenvalue weighted by Crippen LogP contribution is 2.02. The van der Waals surface area contributed by atoms with Crippen molar-refractivity contribution in [2.75, 3.05) is 13.2 Å². The molecule has 0 aliphatic rings. The van der Waals surface area contributed by atoms with Crippen LogP contribution in [0.1, 0.15) is 34.6 Å². The van der Waals surface area contributed by atoms with Crippen LogP contribution in [0.2, 0.25) is 0 Å². The van der Waals surface area contributed by atoms with Crippen molar-refractivity contribution in [2.24, 2.45) is 0 Å². The quantitative estimate of drug-likeness (QED) is 0.695. The third kappa shape index (κ3) is 11.1. The molecule has 0 amide bonds. The Labute approximate surface area is 102 Å². The summed E-state index contributed by atoms with van der Waals surface area (Å²) < 4.78 is 8.93. The first-order valence-corrected chi connectivity index (χ1v) is 5.41. The van der Waals surface area contributed by atoms with Crippen molar-refractivity contribution in [3.8, 4) is 0 Å². The summed E-state index contributed by atoms with van der Waals surface area (Å²) >= 11 is 0. The van der Waals surface area contributed by atoms with Crippen LogP contribution in [0.5, 0.6) is 0 Å². The van der Waals surface area contributed by atoms with Crippen molar-refractivity contribution >= 4 is 11.9 Å². The van der Waals surface area contributed by atoms with Crippen molar-refractivity contribution in [2.45, 2.75) is 46.3 Å². The van der Waals surface area contributed by atoms with Crippen molar-refractivity contribution in [3.05, 3.63) is 0 Å². The average molecular weight is 250 g/mol. The molecule has 2 N–H and O–H groups in total. The molecule has 0 saturated heterocycles. The summed E-state index contributed by atoms with van der Waals surface area (Å²) in [6.07, 6.45) is -0.991. The van der Waals surface area contributed by atoms with E-state index in [1.807, 2.05) is 0 Å². The Kier molecular flexibility index (Phi) is 9.60. The standard InChI is InChI=1S/C6H12O3.C5H10O3/c1-4-9-5(7)6(2,3)8;1-3-8-5(7)4(2)6/h8H,4H2,1-3H3;4,6H,3H2,1-2H3. The highest BCUT2D eigenvalue weighted by molar-refractivity contribution is 5.78. The third-order valence-electron chi connectivity index (χ3n) is 1.40. The van der Waals surface area contributed by atoms with Crippen LogP contribution >= 0.6 is 0 Å². The summed E-state index contributed by atoms with van der Waals surface area (Å²) in [6, 6.07) is 0. The van der Waals surface area contributed by atoms with Gasteiger partial charge in [-0.1, -0.05) is 0 Å². The smallest absolute Gasteiger partial charge is 0.337 e. The molecule has 0 aromatic heterocycles. The van der Waals surface area contributed by atoms with Gasteiger partial charge >= 0.3 is 11.9 Å². The zero-order valence-electron chi connectivity index (χ0n) is 11.0. The molecule has 17 heavy (non-hydrogen) atoms. The lowest BCUT2D eigenvalue weighted by Gasteiger charge is -2.13. The number of aliphatic hydroxyl groups is 2. The van der Waals surface area contributed by atoms with E-state index in [4.69, 9.17) is 10.2 Å². The predicted molar refractivity (Wildman–Crippen MR) is 61.2 cm³/mol. The molecule has 0 aliphatic carbocycles. The fourth-order valence-corrected chi connectivity index (χ4v) is 0.571. The average Bonchev–Trinajstić information content (AvgIpc) is 2.18. The van der Waals surface area contributed by atoms with E-state index in [0.717, 1.165) is 0 Å². The number of aliphatic hydroxyl groups excluding tert-OH is 1. The van der Waals surface area contributed by atoms with Gasteiger partial charge in [0.2, 0.25) is 0 Å². The van der Waals surface area contributed by atoms with Gasteiger partial charge in [-0.3, -0.25) is 0 Å². The number of hydrogen-bond acceptors (Lipinski definition) is 6. The summed E-state index contributed by atoms with van der Waals surface area (Å²) in [7, 11) is 0. The highest BCUT2D eigenvalue weighted by Gasteiger charge is 2.24. The second-order valence-corrected chi connectivity index (χ2v) is 3.71. The largest absolute Gasteiger partial charge is 0.464 e.